The van der Waals surface area contributed by atoms with Gasteiger partial charge in [-0.15, -0.1) is 0 Å². The molecule has 0 radical (unpaired) electrons. The van der Waals surface area contributed by atoms with Gasteiger partial charge in [-0.2, -0.15) is 0 Å². The third-order valence-corrected chi connectivity index (χ3v) is 5.94. The average molecular weight is 380 g/mol. The normalized spacial score (nSPS) is 11.9. The highest BCUT2D eigenvalue weighted by Gasteiger charge is 2.21. The van der Waals surface area contributed by atoms with Gasteiger partial charge in [0.2, 0.25) is 0 Å². The van der Waals surface area contributed by atoms with E-state index in [0.717, 1.165) is 11.1 Å². The summed E-state index contributed by atoms with van der Waals surface area (Å²) >= 11 is 6.21. The zero-order valence-corrected chi connectivity index (χ0v) is 15.9. The maximum atomic E-state index is 12.8. The van der Waals surface area contributed by atoms with Crippen molar-refractivity contribution >= 4 is 38.3 Å². The number of nitrogens with zero attached hydrogens (tertiary/aromatic N) is 2. The Balaban J connectivity index is 2.15. The Hall–Kier alpha value is -2.25. The largest absolute Gasteiger partial charge is 0.328 e. The molecule has 1 aromatic heterocycles. The lowest BCUT2D eigenvalue weighted by Crippen LogP contribution is -2.19. The SMILES string of the molecule is Cc1cc(C)cc(NS(=O)(=O)c2cc3c(cc2Cl)n(C)c(=O)n3C)c1. The predicted molar refractivity (Wildman–Crippen MR) is 99.9 cm³/mol. The van der Waals surface area contributed by atoms with Crippen molar-refractivity contribution in [1.29, 1.82) is 0 Å². The number of benzene rings is 2. The van der Waals surface area contributed by atoms with Crippen LogP contribution < -0.4 is 10.4 Å². The average Bonchev–Trinajstić information content (AvgIpc) is 2.69. The Labute approximate surface area is 150 Å². The molecule has 0 aliphatic carbocycles. The highest BCUT2D eigenvalue weighted by Crippen LogP contribution is 2.28. The maximum absolute atomic E-state index is 12.8. The summed E-state index contributed by atoms with van der Waals surface area (Å²) < 4.78 is 31.0. The Morgan fingerprint density at radius 2 is 1.44 bits per heavy atom. The highest BCUT2D eigenvalue weighted by atomic mass is 35.5. The molecule has 0 saturated carbocycles. The van der Waals surface area contributed by atoms with Crippen LogP contribution in [0.2, 0.25) is 5.02 Å². The summed E-state index contributed by atoms with van der Waals surface area (Å²) in [5.74, 6) is 0. The van der Waals surface area contributed by atoms with E-state index in [1.807, 2.05) is 19.9 Å². The molecule has 0 atom stereocenters. The van der Waals surface area contributed by atoms with Crippen molar-refractivity contribution in [1.82, 2.24) is 9.13 Å². The molecule has 1 heterocycles. The molecule has 0 unspecified atom stereocenters. The van der Waals surface area contributed by atoms with E-state index in [9.17, 15) is 13.2 Å². The number of aromatic nitrogens is 2. The second kappa shape index (κ2) is 5.93. The molecule has 0 aliphatic rings. The van der Waals surface area contributed by atoms with Crippen molar-refractivity contribution in [3.05, 3.63) is 57.0 Å². The highest BCUT2D eigenvalue weighted by molar-refractivity contribution is 7.92. The van der Waals surface area contributed by atoms with Gasteiger partial charge in [-0.05, 0) is 49.2 Å². The molecule has 3 rings (SSSR count). The van der Waals surface area contributed by atoms with E-state index in [2.05, 4.69) is 4.72 Å². The number of imidazole rings is 1. The summed E-state index contributed by atoms with van der Waals surface area (Å²) in [5, 5.41) is 0.0607. The number of fused-ring (bicyclic) bond motifs is 1. The van der Waals surface area contributed by atoms with E-state index in [1.165, 1.54) is 21.3 Å². The minimum Gasteiger partial charge on any atom is -0.295 e. The van der Waals surface area contributed by atoms with Crippen molar-refractivity contribution in [3.63, 3.8) is 0 Å². The summed E-state index contributed by atoms with van der Waals surface area (Å²) in [6.45, 7) is 3.78. The van der Waals surface area contributed by atoms with Gasteiger partial charge in [-0.1, -0.05) is 17.7 Å². The van der Waals surface area contributed by atoms with Crippen molar-refractivity contribution in [2.75, 3.05) is 4.72 Å². The van der Waals surface area contributed by atoms with Crippen LogP contribution in [0.1, 0.15) is 11.1 Å². The molecular weight excluding hydrogens is 362 g/mol. The fourth-order valence-electron chi connectivity index (χ4n) is 2.95. The van der Waals surface area contributed by atoms with E-state index >= 15 is 0 Å². The number of anilines is 1. The first kappa shape index (κ1) is 17.6. The van der Waals surface area contributed by atoms with E-state index < -0.39 is 10.0 Å². The molecule has 1 N–H and O–H groups in total. The van der Waals surface area contributed by atoms with E-state index in [4.69, 9.17) is 11.6 Å². The molecule has 132 valence electrons. The van der Waals surface area contributed by atoms with Gasteiger partial charge in [0.05, 0.1) is 16.1 Å². The standard InChI is InChI=1S/C17H18ClN3O3S/c1-10-5-11(2)7-12(6-10)19-25(23,24)16-9-15-14(8-13(16)18)20(3)17(22)21(15)4/h5-9,19H,1-4H3. The summed E-state index contributed by atoms with van der Waals surface area (Å²) in [6, 6.07) is 8.36. The van der Waals surface area contributed by atoms with E-state index in [-0.39, 0.29) is 15.6 Å². The van der Waals surface area contributed by atoms with Gasteiger partial charge in [0, 0.05) is 19.8 Å². The molecule has 0 fully saturated rings. The molecule has 25 heavy (non-hydrogen) atoms. The fraction of sp³-hybridized carbons (Fsp3) is 0.235. The van der Waals surface area contributed by atoms with Gasteiger partial charge in [0.1, 0.15) is 4.90 Å². The first-order valence-corrected chi connectivity index (χ1v) is 9.42. The Morgan fingerprint density at radius 1 is 0.920 bits per heavy atom. The van der Waals surface area contributed by atoms with Crippen LogP contribution in [0.25, 0.3) is 11.0 Å². The van der Waals surface area contributed by atoms with E-state index in [0.29, 0.717) is 16.7 Å². The Bertz CT molecular complexity index is 1140. The quantitative estimate of drug-likeness (QED) is 0.760. The zero-order chi connectivity index (χ0) is 18.5. The fourth-order valence-corrected chi connectivity index (χ4v) is 4.53. The van der Waals surface area contributed by atoms with Gasteiger partial charge in [0.15, 0.2) is 0 Å². The van der Waals surface area contributed by atoms with Gasteiger partial charge >= 0.3 is 5.69 Å². The minimum atomic E-state index is -3.90. The zero-order valence-electron chi connectivity index (χ0n) is 14.3. The summed E-state index contributed by atoms with van der Waals surface area (Å²) in [6.07, 6.45) is 0. The second-order valence-corrected chi connectivity index (χ2v) is 8.21. The topological polar surface area (TPSA) is 73.1 Å². The van der Waals surface area contributed by atoms with Gasteiger partial charge in [-0.3, -0.25) is 13.9 Å². The lowest BCUT2D eigenvalue weighted by molar-refractivity contribution is 0.601. The number of rotatable bonds is 3. The predicted octanol–water partition coefficient (Wildman–Crippen LogP) is 2.95. The van der Waals surface area contributed by atoms with Gasteiger partial charge in [0.25, 0.3) is 10.0 Å². The van der Waals surface area contributed by atoms with Crippen molar-refractivity contribution in [2.24, 2.45) is 14.1 Å². The first-order valence-electron chi connectivity index (χ1n) is 7.56. The van der Waals surface area contributed by atoms with Gasteiger partial charge in [-0.25, -0.2) is 13.2 Å². The van der Waals surface area contributed by atoms with Crippen molar-refractivity contribution in [2.45, 2.75) is 18.7 Å². The van der Waals surface area contributed by atoms with E-state index in [1.54, 1.807) is 26.2 Å². The lowest BCUT2D eigenvalue weighted by atomic mass is 10.1. The molecular formula is C17H18ClN3O3S. The van der Waals surface area contributed by atoms with Crippen LogP contribution in [0.15, 0.2) is 40.0 Å². The minimum absolute atomic E-state index is 0.0607. The summed E-state index contributed by atoms with van der Waals surface area (Å²) in [4.78, 5) is 12.0. The lowest BCUT2D eigenvalue weighted by Gasteiger charge is -2.11. The summed E-state index contributed by atoms with van der Waals surface area (Å²) in [5.41, 5.74) is 3.19. The third kappa shape index (κ3) is 3.05. The number of nitrogens with one attached hydrogen (secondary N) is 1. The van der Waals surface area contributed by atoms with Crippen molar-refractivity contribution in [3.8, 4) is 0 Å². The molecule has 8 heteroatoms. The number of hydrogen-bond acceptors (Lipinski definition) is 3. The van der Waals surface area contributed by atoms with Crippen LogP contribution in [0.4, 0.5) is 5.69 Å². The molecule has 0 spiro atoms. The maximum Gasteiger partial charge on any atom is 0.328 e. The molecule has 3 aromatic rings. The monoisotopic (exact) mass is 379 g/mol. The molecule has 0 saturated heterocycles. The molecule has 2 aromatic carbocycles. The molecule has 0 amide bonds. The van der Waals surface area contributed by atoms with Crippen LogP contribution in [0.3, 0.4) is 0 Å². The second-order valence-electron chi connectivity index (χ2n) is 6.15. The van der Waals surface area contributed by atoms with Crippen LogP contribution >= 0.6 is 11.6 Å². The number of aryl methyl sites for hydroxylation is 4. The smallest absolute Gasteiger partial charge is 0.295 e. The Kier molecular flexibility index (Phi) is 4.17. The molecule has 0 aliphatic heterocycles. The van der Waals surface area contributed by atoms with Crippen LogP contribution in [-0.2, 0) is 24.1 Å². The summed E-state index contributed by atoms with van der Waals surface area (Å²) in [7, 11) is -0.692. The first-order chi connectivity index (χ1) is 11.6. The Morgan fingerprint density at radius 3 is 2.00 bits per heavy atom. The third-order valence-electron chi connectivity index (χ3n) is 4.09. The number of sulfonamides is 1. The van der Waals surface area contributed by atoms with Gasteiger partial charge < -0.3 is 0 Å². The molecule has 0 bridgehead atoms. The van der Waals surface area contributed by atoms with Crippen LogP contribution in [0.5, 0.6) is 0 Å². The molecule has 6 nitrogen and oxygen atoms in total. The van der Waals surface area contributed by atoms with Crippen LogP contribution in [-0.4, -0.2) is 17.6 Å². The number of hydrogen-bond donors (Lipinski definition) is 1. The van der Waals surface area contributed by atoms with Crippen LogP contribution in [0, 0.1) is 13.8 Å². The van der Waals surface area contributed by atoms with Crippen molar-refractivity contribution < 1.29 is 8.42 Å². The number of halogens is 1.